The molecule has 1 aromatic heterocycles. The minimum Gasteiger partial charge on any atom is -0.355 e. The lowest BCUT2D eigenvalue weighted by Gasteiger charge is -2.38. The van der Waals surface area contributed by atoms with Gasteiger partial charge >= 0.3 is 0 Å². The maximum atomic E-state index is 6.27. The molecular formula is C13H19BrClN3. The van der Waals surface area contributed by atoms with Gasteiger partial charge in [0.25, 0.3) is 0 Å². The Hall–Kier alpha value is -0.320. The Morgan fingerprint density at radius 2 is 2.22 bits per heavy atom. The molecule has 0 radical (unpaired) electrons. The lowest BCUT2D eigenvalue weighted by molar-refractivity contribution is 0.305. The summed E-state index contributed by atoms with van der Waals surface area (Å²) in [5.41, 5.74) is 5.88. The second-order valence-corrected chi connectivity index (χ2v) is 6.24. The van der Waals surface area contributed by atoms with E-state index in [1.54, 1.807) is 6.20 Å². The van der Waals surface area contributed by atoms with E-state index in [9.17, 15) is 0 Å². The number of aromatic nitrogens is 1. The molecule has 1 heterocycles. The number of nitrogens with zero attached hydrogens (tertiary/aromatic N) is 2. The molecule has 1 aliphatic rings. The summed E-state index contributed by atoms with van der Waals surface area (Å²) in [5.74, 6) is 1.40. The third-order valence-electron chi connectivity index (χ3n) is 3.79. The maximum Gasteiger partial charge on any atom is 0.147 e. The smallest absolute Gasteiger partial charge is 0.147 e. The predicted octanol–water partition coefficient (Wildman–Crippen LogP) is 3.45. The second-order valence-electron chi connectivity index (χ2n) is 4.92. The van der Waals surface area contributed by atoms with Gasteiger partial charge in [-0.1, -0.05) is 24.4 Å². The van der Waals surface area contributed by atoms with Crippen molar-refractivity contribution in [1.82, 2.24) is 4.98 Å². The first-order valence-electron chi connectivity index (χ1n) is 6.37. The molecule has 1 saturated carbocycles. The molecule has 0 spiro atoms. The van der Waals surface area contributed by atoms with E-state index in [0.717, 1.165) is 16.8 Å². The Morgan fingerprint density at radius 1 is 1.50 bits per heavy atom. The molecule has 2 rings (SSSR count). The van der Waals surface area contributed by atoms with Crippen LogP contribution in [0.4, 0.5) is 5.82 Å². The molecular weight excluding hydrogens is 314 g/mol. The van der Waals surface area contributed by atoms with E-state index >= 15 is 0 Å². The molecule has 2 unspecified atom stereocenters. The summed E-state index contributed by atoms with van der Waals surface area (Å²) in [6.45, 7) is 0.739. The van der Waals surface area contributed by atoms with Crippen molar-refractivity contribution in [3.8, 4) is 0 Å². The van der Waals surface area contributed by atoms with Crippen LogP contribution in [0.2, 0.25) is 5.02 Å². The highest BCUT2D eigenvalue weighted by atomic mass is 79.9. The SMILES string of the molecule is CN(c1ncc(Br)cc1Cl)C1CCCCC1CN. The van der Waals surface area contributed by atoms with Crippen molar-refractivity contribution in [2.75, 3.05) is 18.5 Å². The molecule has 5 heteroatoms. The molecule has 3 nitrogen and oxygen atoms in total. The Balaban J connectivity index is 2.20. The van der Waals surface area contributed by atoms with E-state index in [1.165, 1.54) is 25.7 Å². The van der Waals surface area contributed by atoms with Crippen molar-refractivity contribution < 1.29 is 0 Å². The fourth-order valence-corrected chi connectivity index (χ4v) is 3.56. The molecule has 2 atom stereocenters. The summed E-state index contributed by atoms with van der Waals surface area (Å²) < 4.78 is 0.906. The lowest BCUT2D eigenvalue weighted by Crippen LogP contribution is -2.43. The average Bonchev–Trinajstić information content (AvgIpc) is 2.38. The molecule has 0 aliphatic heterocycles. The van der Waals surface area contributed by atoms with E-state index in [-0.39, 0.29) is 0 Å². The monoisotopic (exact) mass is 331 g/mol. The van der Waals surface area contributed by atoms with Crippen molar-refractivity contribution in [2.45, 2.75) is 31.7 Å². The molecule has 1 fully saturated rings. The Morgan fingerprint density at radius 3 is 2.89 bits per heavy atom. The summed E-state index contributed by atoms with van der Waals surface area (Å²) in [6.07, 6.45) is 6.72. The van der Waals surface area contributed by atoms with Gasteiger partial charge in [-0.3, -0.25) is 0 Å². The van der Waals surface area contributed by atoms with Gasteiger partial charge in [0.1, 0.15) is 5.82 Å². The van der Waals surface area contributed by atoms with Crippen LogP contribution in [0, 0.1) is 5.92 Å². The van der Waals surface area contributed by atoms with Crippen molar-refractivity contribution in [3.05, 3.63) is 21.8 Å². The van der Waals surface area contributed by atoms with Crippen molar-refractivity contribution in [3.63, 3.8) is 0 Å². The Labute approximate surface area is 122 Å². The van der Waals surface area contributed by atoms with Gasteiger partial charge in [-0.15, -0.1) is 0 Å². The maximum absolute atomic E-state index is 6.27. The number of nitrogens with two attached hydrogens (primary N) is 1. The molecule has 0 aromatic carbocycles. The van der Waals surface area contributed by atoms with Crippen LogP contribution in [0.1, 0.15) is 25.7 Å². The zero-order valence-electron chi connectivity index (χ0n) is 10.6. The van der Waals surface area contributed by atoms with Crippen molar-refractivity contribution in [1.29, 1.82) is 0 Å². The summed E-state index contributed by atoms with van der Waals surface area (Å²) in [5, 5.41) is 0.688. The van der Waals surface area contributed by atoms with Gasteiger partial charge < -0.3 is 10.6 Å². The van der Waals surface area contributed by atoms with Crippen LogP contribution in [-0.2, 0) is 0 Å². The van der Waals surface area contributed by atoms with Gasteiger partial charge in [0.2, 0.25) is 0 Å². The number of hydrogen-bond acceptors (Lipinski definition) is 3. The van der Waals surface area contributed by atoms with Crippen LogP contribution in [0.5, 0.6) is 0 Å². The molecule has 2 N–H and O–H groups in total. The first kappa shape index (κ1) is 14.1. The summed E-state index contributed by atoms with van der Waals surface area (Å²) >= 11 is 9.65. The molecule has 1 aromatic rings. The fraction of sp³-hybridized carbons (Fsp3) is 0.615. The molecule has 0 saturated heterocycles. The van der Waals surface area contributed by atoms with Crippen LogP contribution < -0.4 is 10.6 Å². The molecule has 18 heavy (non-hydrogen) atoms. The quantitative estimate of drug-likeness (QED) is 0.922. The largest absolute Gasteiger partial charge is 0.355 e. The number of pyridine rings is 1. The van der Waals surface area contributed by atoms with Gasteiger partial charge in [0.15, 0.2) is 0 Å². The Kier molecular flexibility index (Phi) is 4.87. The third kappa shape index (κ3) is 2.98. The zero-order valence-corrected chi connectivity index (χ0v) is 12.9. The summed E-state index contributed by atoms with van der Waals surface area (Å²) in [7, 11) is 2.07. The lowest BCUT2D eigenvalue weighted by atomic mass is 9.84. The van der Waals surface area contributed by atoms with Crippen LogP contribution in [0.3, 0.4) is 0 Å². The molecule has 1 aliphatic carbocycles. The van der Waals surface area contributed by atoms with E-state index in [2.05, 4.69) is 32.9 Å². The van der Waals surface area contributed by atoms with E-state index in [1.807, 2.05) is 6.07 Å². The van der Waals surface area contributed by atoms with E-state index in [4.69, 9.17) is 17.3 Å². The van der Waals surface area contributed by atoms with Crippen LogP contribution in [0.25, 0.3) is 0 Å². The third-order valence-corrected chi connectivity index (χ3v) is 4.50. The number of rotatable bonds is 3. The normalized spacial score (nSPS) is 24.0. The highest BCUT2D eigenvalue weighted by Crippen LogP contribution is 2.33. The second kappa shape index (κ2) is 6.22. The van der Waals surface area contributed by atoms with Crippen LogP contribution in [0.15, 0.2) is 16.7 Å². The van der Waals surface area contributed by atoms with Crippen LogP contribution >= 0.6 is 27.5 Å². The van der Waals surface area contributed by atoms with Gasteiger partial charge in [0.05, 0.1) is 5.02 Å². The minimum atomic E-state index is 0.454. The number of anilines is 1. The molecule has 100 valence electrons. The Bertz CT molecular complexity index is 413. The van der Waals surface area contributed by atoms with Gasteiger partial charge in [-0.25, -0.2) is 4.98 Å². The topological polar surface area (TPSA) is 42.2 Å². The minimum absolute atomic E-state index is 0.454. The molecule has 0 bridgehead atoms. The predicted molar refractivity (Wildman–Crippen MR) is 80.2 cm³/mol. The summed E-state index contributed by atoms with van der Waals surface area (Å²) in [6, 6.07) is 2.34. The van der Waals surface area contributed by atoms with Gasteiger partial charge in [-0.2, -0.15) is 0 Å². The number of halogens is 2. The first-order chi connectivity index (χ1) is 8.63. The number of hydrogen-bond donors (Lipinski definition) is 1. The summed E-state index contributed by atoms with van der Waals surface area (Å²) in [4.78, 5) is 6.63. The highest BCUT2D eigenvalue weighted by Gasteiger charge is 2.28. The van der Waals surface area contributed by atoms with E-state index in [0.29, 0.717) is 17.0 Å². The standard InChI is InChI=1S/C13H19BrClN3/c1-18(12-5-3-2-4-9(12)7-16)13-11(15)6-10(14)8-17-13/h6,8-9,12H,2-5,7,16H2,1H3. The zero-order chi connectivity index (χ0) is 13.1. The average molecular weight is 333 g/mol. The first-order valence-corrected chi connectivity index (χ1v) is 7.54. The van der Waals surface area contributed by atoms with Gasteiger partial charge in [-0.05, 0) is 47.3 Å². The van der Waals surface area contributed by atoms with Crippen LogP contribution in [-0.4, -0.2) is 24.6 Å². The van der Waals surface area contributed by atoms with Crippen molar-refractivity contribution in [2.24, 2.45) is 11.7 Å². The fourth-order valence-electron chi connectivity index (χ4n) is 2.80. The highest BCUT2D eigenvalue weighted by molar-refractivity contribution is 9.10. The van der Waals surface area contributed by atoms with Crippen molar-refractivity contribution >= 4 is 33.3 Å². The van der Waals surface area contributed by atoms with Gasteiger partial charge in [0, 0.05) is 23.8 Å². The van der Waals surface area contributed by atoms with E-state index < -0.39 is 0 Å². The molecule has 0 amide bonds.